The molecular formula is C10H19NO. The average molecular weight is 169 g/mol. The van der Waals surface area contributed by atoms with Gasteiger partial charge < -0.3 is 4.84 Å². The smallest absolute Gasteiger partial charge is 0.130 e. The minimum atomic E-state index is 0.128. The minimum Gasteiger partial charge on any atom is -0.412 e. The molecule has 0 aromatic rings. The molecule has 70 valence electrons. The Morgan fingerprint density at radius 2 is 1.92 bits per heavy atom. The third kappa shape index (κ3) is 1.81. The Kier molecular flexibility index (Phi) is 2.47. The Labute approximate surface area is 74.9 Å². The lowest BCUT2D eigenvalue weighted by Gasteiger charge is -2.21. The predicted octanol–water partition coefficient (Wildman–Crippen LogP) is 2.48. The molecule has 1 aliphatic heterocycles. The van der Waals surface area contributed by atoms with Crippen LogP contribution in [0.15, 0.2) is 11.3 Å². The van der Waals surface area contributed by atoms with Gasteiger partial charge in [0.25, 0.3) is 0 Å². The molecule has 1 rings (SSSR count). The summed E-state index contributed by atoms with van der Waals surface area (Å²) < 4.78 is 0. The maximum Gasteiger partial charge on any atom is 0.130 e. The van der Waals surface area contributed by atoms with E-state index in [4.69, 9.17) is 4.84 Å². The first-order valence-corrected chi connectivity index (χ1v) is 4.56. The molecule has 0 atom stereocenters. The fourth-order valence-corrected chi connectivity index (χ4v) is 1.43. The summed E-state index contributed by atoms with van der Waals surface area (Å²) >= 11 is 0. The van der Waals surface area contributed by atoms with Crippen molar-refractivity contribution in [2.45, 2.75) is 34.6 Å². The lowest BCUT2D eigenvalue weighted by Crippen LogP contribution is -2.14. The number of hydrogen-bond donors (Lipinski definition) is 1. The molecule has 0 unspecified atom stereocenters. The van der Waals surface area contributed by atoms with Crippen molar-refractivity contribution in [1.82, 2.24) is 5.48 Å². The summed E-state index contributed by atoms with van der Waals surface area (Å²) in [7, 11) is 0. The normalized spacial score (nSPS) is 18.8. The molecule has 12 heavy (non-hydrogen) atoms. The van der Waals surface area contributed by atoms with E-state index in [1.165, 1.54) is 5.57 Å². The second-order valence-electron chi connectivity index (χ2n) is 4.68. The van der Waals surface area contributed by atoms with Gasteiger partial charge in [-0.05, 0) is 11.5 Å². The van der Waals surface area contributed by atoms with Crippen LogP contribution < -0.4 is 5.48 Å². The highest BCUT2D eigenvalue weighted by Crippen LogP contribution is 2.33. The Hall–Kier alpha value is -0.500. The van der Waals surface area contributed by atoms with Gasteiger partial charge in [-0.2, -0.15) is 5.48 Å². The third-order valence-corrected chi connectivity index (χ3v) is 2.11. The van der Waals surface area contributed by atoms with Gasteiger partial charge in [-0.25, -0.2) is 0 Å². The number of hydroxylamine groups is 1. The van der Waals surface area contributed by atoms with E-state index in [0.717, 1.165) is 12.3 Å². The van der Waals surface area contributed by atoms with Gasteiger partial charge in [-0.15, -0.1) is 0 Å². The van der Waals surface area contributed by atoms with E-state index >= 15 is 0 Å². The van der Waals surface area contributed by atoms with Crippen molar-refractivity contribution in [1.29, 1.82) is 0 Å². The molecule has 0 amide bonds. The number of nitrogens with one attached hydrogen (secondary N) is 1. The van der Waals surface area contributed by atoms with Crippen LogP contribution in [-0.4, -0.2) is 6.54 Å². The maximum atomic E-state index is 5.42. The zero-order valence-electron chi connectivity index (χ0n) is 8.69. The average Bonchev–Trinajstić information content (AvgIpc) is 2.30. The third-order valence-electron chi connectivity index (χ3n) is 2.11. The quantitative estimate of drug-likeness (QED) is 0.651. The first-order chi connectivity index (χ1) is 5.43. The molecule has 0 aliphatic carbocycles. The van der Waals surface area contributed by atoms with Gasteiger partial charge in [0.15, 0.2) is 0 Å². The second kappa shape index (κ2) is 3.09. The molecule has 0 aromatic heterocycles. The van der Waals surface area contributed by atoms with Crippen LogP contribution in [0.2, 0.25) is 0 Å². The molecule has 0 radical (unpaired) electrons. The molecule has 0 saturated heterocycles. The summed E-state index contributed by atoms with van der Waals surface area (Å²) in [5.74, 6) is 1.70. The fourth-order valence-electron chi connectivity index (χ4n) is 1.43. The number of hydrogen-bond acceptors (Lipinski definition) is 2. The van der Waals surface area contributed by atoms with Crippen LogP contribution in [0.25, 0.3) is 0 Å². The van der Waals surface area contributed by atoms with Crippen molar-refractivity contribution < 1.29 is 4.84 Å². The van der Waals surface area contributed by atoms with Gasteiger partial charge in [-0.3, -0.25) is 0 Å². The van der Waals surface area contributed by atoms with Crippen molar-refractivity contribution in [2.24, 2.45) is 11.3 Å². The summed E-state index contributed by atoms with van der Waals surface area (Å²) in [5, 5.41) is 0. The number of allylic oxidation sites excluding steroid dienone is 1. The molecule has 2 nitrogen and oxygen atoms in total. The van der Waals surface area contributed by atoms with Crippen molar-refractivity contribution >= 4 is 0 Å². The SMILES string of the molecule is CC(C)C1=C(C(C)(C)C)ONC1. The Balaban J connectivity index is 2.92. The Bertz CT molecular complexity index is 198. The standard InChI is InChI=1S/C10H19NO/c1-7(2)8-6-11-12-9(8)10(3,4)5/h7,11H,6H2,1-5H3. The first-order valence-electron chi connectivity index (χ1n) is 4.56. The molecule has 1 aliphatic rings. The largest absolute Gasteiger partial charge is 0.412 e. The summed E-state index contributed by atoms with van der Waals surface area (Å²) in [5.41, 5.74) is 4.47. The lowest BCUT2D eigenvalue weighted by atomic mass is 9.87. The van der Waals surface area contributed by atoms with Gasteiger partial charge in [0, 0.05) is 5.41 Å². The van der Waals surface area contributed by atoms with Gasteiger partial charge in [0.05, 0.1) is 6.54 Å². The van der Waals surface area contributed by atoms with Crippen LogP contribution in [-0.2, 0) is 4.84 Å². The Morgan fingerprint density at radius 1 is 1.33 bits per heavy atom. The lowest BCUT2D eigenvalue weighted by molar-refractivity contribution is 0.0962. The molecule has 0 fully saturated rings. The summed E-state index contributed by atoms with van der Waals surface area (Å²) in [6, 6.07) is 0. The molecule has 1 N–H and O–H groups in total. The summed E-state index contributed by atoms with van der Waals surface area (Å²) in [6.07, 6.45) is 0. The fraction of sp³-hybridized carbons (Fsp3) is 0.800. The van der Waals surface area contributed by atoms with E-state index in [9.17, 15) is 0 Å². The molecular weight excluding hydrogens is 150 g/mol. The topological polar surface area (TPSA) is 21.3 Å². The van der Waals surface area contributed by atoms with Crippen LogP contribution in [0.4, 0.5) is 0 Å². The maximum absolute atomic E-state index is 5.42. The molecule has 0 bridgehead atoms. The first kappa shape index (κ1) is 9.59. The van der Waals surface area contributed by atoms with Crippen LogP contribution in [0.5, 0.6) is 0 Å². The predicted molar refractivity (Wildman–Crippen MR) is 50.4 cm³/mol. The van der Waals surface area contributed by atoms with Crippen LogP contribution in [0.3, 0.4) is 0 Å². The van der Waals surface area contributed by atoms with E-state index in [1.54, 1.807) is 0 Å². The molecule has 1 heterocycles. The van der Waals surface area contributed by atoms with E-state index < -0.39 is 0 Å². The van der Waals surface area contributed by atoms with E-state index in [2.05, 4.69) is 40.1 Å². The van der Waals surface area contributed by atoms with Crippen LogP contribution in [0.1, 0.15) is 34.6 Å². The zero-order chi connectivity index (χ0) is 9.35. The van der Waals surface area contributed by atoms with Gasteiger partial charge >= 0.3 is 0 Å². The molecule has 0 saturated carbocycles. The van der Waals surface area contributed by atoms with Crippen LogP contribution >= 0.6 is 0 Å². The second-order valence-corrected chi connectivity index (χ2v) is 4.68. The van der Waals surface area contributed by atoms with E-state index in [-0.39, 0.29) is 5.41 Å². The summed E-state index contributed by atoms with van der Waals surface area (Å²) in [4.78, 5) is 5.42. The van der Waals surface area contributed by atoms with Gasteiger partial charge in [-0.1, -0.05) is 34.6 Å². The van der Waals surface area contributed by atoms with Crippen LogP contribution in [0, 0.1) is 11.3 Å². The Morgan fingerprint density at radius 3 is 2.25 bits per heavy atom. The van der Waals surface area contributed by atoms with Crippen molar-refractivity contribution in [3.63, 3.8) is 0 Å². The van der Waals surface area contributed by atoms with Crippen molar-refractivity contribution in [2.75, 3.05) is 6.54 Å². The van der Waals surface area contributed by atoms with E-state index in [0.29, 0.717) is 5.92 Å². The highest BCUT2D eigenvalue weighted by Gasteiger charge is 2.28. The molecule has 2 heteroatoms. The monoisotopic (exact) mass is 169 g/mol. The van der Waals surface area contributed by atoms with E-state index in [1.807, 2.05) is 0 Å². The van der Waals surface area contributed by atoms with Crippen molar-refractivity contribution in [3.8, 4) is 0 Å². The van der Waals surface area contributed by atoms with Gasteiger partial charge in [0.2, 0.25) is 0 Å². The minimum absolute atomic E-state index is 0.128. The summed E-state index contributed by atoms with van der Waals surface area (Å²) in [6.45, 7) is 11.8. The highest BCUT2D eigenvalue weighted by atomic mass is 16.7. The molecule has 0 aromatic carbocycles. The van der Waals surface area contributed by atoms with Crippen molar-refractivity contribution in [3.05, 3.63) is 11.3 Å². The highest BCUT2D eigenvalue weighted by molar-refractivity contribution is 5.20. The molecule has 0 spiro atoms. The number of rotatable bonds is 1. The zero-order valence-corrected chi connectivity index (χ0v) is 8.69. The van der Waals surface area contributed by atoms with Gasteiger partial charge in [0.1, 0.15) is 5.76 Å².